The summed E-state index contributed by atoms with van der Waals surface area (Å²) < 4.78 is 16.1. The van der Waals surface area contributed by atoms with E-state index in [1.54, 1.807) is 13.8 Å². The highest BCUT2D eigenvalue weighted by Gasteiger charge is 2.22. The van der Waals surface area contributed by atoms with Gasteiger partial charge in [-0.25, -0.2) is 0 Å². The van der Waals surface area contributed by atoms with Crippen molar-refractivity contribution in [3.8, 4) is 5.75 Å². The van der Waals surface area contributed by atoms with Gasteiger partial charge in [-0.05, 0) is 26.0 Å². The molecule has 0 amide bonds. The summed E-state index contributed by atoms with van der Waals surface area (Å²) in [5.41, 5.74) is -0.0389. The van der Waals surface area contributed by atoms with E-state index in [1.807, 2.05) is 0 Å². The Morgan fingerprint density at radius 3 is 2.40 bits per heavy atom. The molecule has 1 aromatic carbocycles. The highest BCUT2D eigenvalue weighted by molar-refractivity contribution is 8.07. The number of benzene rings is 1. The molecular weight excluding hydrogens is 305 g/mol. The van der Waals surface area contributed by atoms with Gasteiger partial charge in [-0.2, -0.15) is 0 Å². The molecule has 0 radical (unpaired) electrons. The quantitative estimate of drug-likeness (QED) is 0.447. The third kappa shape index (κ3) is 4.50. The summed E-state index contributed by atoms with van der Waals surface area (Å²) >= 11 is 5.19. The second-order valence-electron chi connectivity index (χ2n) is 3.58. The van der Waals surface area contributed by atoms with Crippen molar-refractivity contribution >= 4 is 24.2 Å². The van der Waals surface area contributed by atoms with Crippen molar-refractivity contribution in [2.75, 3.05) is 13.2 Å². The number of hydrogen-bond donors (Lipinski definition) is 1. The Morgan fingerprint density at radius 1 is 1.35 bits per heavy atom. The van der Waals surface area contributed by atoms with Gasteiger partial charge >= 0.3 is 6.72 Å². The minimum absolute atomic E-state index is 0.141. The van der Waals surface area contributed by atoms with Crippen LogP contribution in [0.1, 0.15) is 19.4 Å². The maximum atomic E-state index is 10.8. The third-order valence-electron chi connectivity index (χ3n) is 2.21. The summed E-state index contributed by atoms with van der Waals surface area (Å²) in [6, 6.07) is 4.01. The second-order valence-corrected chi connectivity index (χ2v) is 6.51. The van der Waals surface area contributed by atoms with E-state index < -0.39 is 18.2 Å². The van der Waals surface area contributed by atoms with E-state index in [2.05, 4.69) is 0 Å². The van der Waals surface area contributed by atoms with Crippen molar-refractivity contribution in [2.24, 2.45) is 0 Å². The summed E-state index contributed by atoms with van der Waals surface area (Å²) in [4.78, 5) is 10.2. The molecular formula is C11H16NO6PS. The molecule has 20 heavy (non-hydrogen) atoms. The lowest BCUT2D eigenvalue weighted by atomic mass is 10.2. The fourth-order valence-corrected chi connectivity index (χ4v) is 3.53. The Labute approximate surface area is 121 Å². The summed E-state index contributed by atoms with van der Waals surface area (Å²) in [6.45, 7) is 0.784. The second kappa shape index (κ2) is 7.66. The maximum absolute atomic E-state index is 10.8. The first-order valence-corrected chi connectivity index (χ1v) is 8.48. The zero-order chi connectivity index (χ0) is 15.2. The summed E-state index contributed by atoms with van der Waals surface area (Å²) in [6.07, 6.45) is 0. The molecule has 0 fully saturated rings. The number of nitro benzene ring substituents is 1. The molecule has 112 valence electrons. The number of aliphatic hydroxyl groups excluding tert-OH is 1. The van der Waals surface area contributed by atoms with Crippen LogP contribution in [0.2, 0.25) is 0 Å². The molecule has 0 aliphatic heterocycles. The largest absolute Gasteiger partial charge is 0.424 e. The first-order valence-electron chi connectivity index (χ1n) is 5.92. The van der Waals surface area contributed by atoms with Gasteiger partial charge in [0.25, 0.3) is 5.69 Å². The molecule has 1 N–H and O–H groups in total. The van der Waals surface area contributed by atoms with Crippen molar-refractivity contribution in [1.29, 1.82) is 0 Å². The van der Waals surface area contributed by atoms with Gasteiger partial charge in [-0.1, -0.05) is 0 Å². The molecule has 0 aliphatic rings. The average molecular weight is 321 g/mol. The lowest BCUT2D eigenvalue weighted by Crippen LogP contribution is -2.03. The fraction of sp³-hybridized carbons (Fsp3) is 0.455. The SMILES string of the molecule is CCOP(=S)(OCC)Oc1ccc([N+](=O)[O-])c(CO)c1. The molecule has 0 bridgehead atoms. The van der Waals surface area contributed by atoms with E-state index in [0.717, 1.165) is 0 Å². The number of nitrogens with zero attached hydrogens (tertiary/aromatic N) is 1. The molecule has 1 aromatic rings. The van der Waals surface area contributed by atoms with Crippen LogP contribution >= 0.6 is 6.72 Å². The van der Waals surface area contributed by atoms with Gasteiger partial charge in [0.05, 0.1) is 30.3 Å². The topological polar surface area (TPSA) is 91.1 Å². The Kier molecular flexibility index (Phi) is 6.51. The van der Waals surface area contributed by atoms with Gasteiger partial charge in [0, 0.05) is 17.9 Å². The zero-order valence-electron chi connectivity index (χ0n) is 11.1. The van der Waals surface area contributed by atoms with E-state index in [-0.39, 0.29) is 17.0 Å². The molecule has 0 saturated carbocycles. The van der Waals surface area contributed by atoms with Crippen LogP contribution < -0.4 is 4.52 Å². The van der Waals surface area contributed by atoms with E-state index in [4.69, 9.17) is 30.5 Å². The minimum Gasteiger partial charge on any atom is -0.424 e. The zero-order valence-corrected chi connectivity index (χ0v) is 12.9. The van der Waals surface area contributed by atoms with Crippen LogP contribution in [0, 0.1) is 10.1 Å². The molecule has 7 nitrogen and oxygen atoms in total. The first-order chi connectivity index (χ1) is 9.45. The van der Waals surface area contributed by atoms with Crippen LogP contribution in [0.15, 0.2) is 18.2 Å². The van der Waals surface area contributed by atoms with Crippen molar-refractivity contribution in [1.82, 2.24) is 0 Å². The van der Waals surface area contributed by atoms with Crippen molar-refractivity contribution < 1.29 is 23.6 Å². The van der Waals surface area contributed by atoms with E-state index in [9.17, 15) is 10.1 Å². The molecule has 0 atom stereocenters. The van der Waals surface area contributed by atoms with Gasteiger partial charge in [-0.15, -0.1) is 0 Å². The van der Waals surface area contributed by atoms with Crippen molar-refractivity contribution in [3.63, 3.8) is 0 Å². The molecule has 0 heterocycles. The number of hydrogen-bond acceptors (Lipinski definition) is 7. The minimum atomic E-state index is -2.93. The van der Waals surface area contributed by atoms with Crippen LogP contribution in [-0.2, 0) is 27.5 Å². The number of rotatable bonds is 8. The van der Waals surface area contributed by atoms with Crippen LogP contribution in [0.25, 0.3) is 0 Å². The lowest BCUT2D eigenvalue weighted by Gasteiger charge is -2.21. The molecule has 9 heteroatoms. The monoisotopic (exact) mass is 321 g/mol. The van der Waals surface area contributed by atoms with Crippen molar-refractivity contribution in [2.45, 2.75) is 20.5 Å². The van der Waals surface area contributed by atoms with Gasteiger partial charge < -0.3 is 9.63 Å². The fourth-order valence-electron chi connectivity index (χ4n) is 1.46. The standard InChI is InChI=1S/C11H16NO6PS/c1-3-16-19(20,17-4-2)18-10-5-6-11(12(14)15)9(7-10)8-13/h5-7,13H,3-4,8H2,1-2H3. The Morgan fingerprint density at radius 2 is 1.95 bits per heavy atom. The maximum Gasteiger partial charge on any atom is 0.380 e. The van der Waals surface area contributed by atoms with Crippen LogP contribution in [0.5, 0.6) is 5.75 Å². The number of nitro groups is 1. The van der Waals surface area contributed by atoms with Gasteiger partial charge in [0.1, 0.15) is 5.75 Å². The van der Waals surface area contributed by atoms with Crippen LogP contribution in [0.3, 0.4) is 0 Å². The molecule has 0 aliphatic carbocycles. The van der Waals surface area contributed by atoms with Crippen LogP contribution in [-0.4, -0.2) is 23.2 Å². The van der Waals surface area contributed by atoms with E-state index in [0.29, 0.717) is 13.2 Å². The Hall–Kier alpha value is -1.05. The van der Waals surface area contributed by atoms with E-state index >= 15 is 0 Å². The molecule has 0 unspecified atom stereocenters. The summed E-state index contributed by atoms with van der Waals surface area (Å²) in [5, 5.41) is 19.9. The molecule has 1 rings (SSSR count). The summed E-state index contributed by atoms with van der Waals surface area (Å²) in [7, 11) is 0. The normalized spacial score (nSPS) is 11.3. The molecule has 0 saturated heterocycles. The van der Waals surface area contributed by atoms with Crippen molar-refractivity contribution in [3.05, 3.63) is 33.9 Å². The highest BCUT2D eigenvalue weighted by Crippen LogP contribution is 2.50. The molecule has 0 spiro atoms. The van der Waals surface area contributed by atoms with Gasteiger partial charge in [-0.3, -0.25) is 19.2 Å². The van der Waals surface area contributed by atoms with Gasteiger partial charge in [0.2, 0.25) is 0 Å². The Balaban J connectivity index is 3.02. The number of aliphatic hydroxyl groups is 1. The predicted molar refractivity (Wildman–Crippen MR) is 77.2 cm³/mol. The first kappa shape index (κ1) is 17.0. The van der Waals surface area contributed by atoms with Crippen LogP contribution in [0.4, 0.5) is 5.69 Å². The lowest BCUT2D eigenvalue weighted by molar-refractivity contribution is -0.385. The third-order valence-corrected chi connectivity index (χ3v) is 4.65. The smallest absolute Gasteiger partial charge is 0.380 e. The highest BCUT2D eigenvalue weighted by atomic mass is 32.5. The summed E-state index contributed by atoms with van der Waals surface area (Å²) in [5.74, 6) is 0.268. The van der Waals surface area contributed by atoms with Gasteiger partial charge in [0.15, 0.2) is 0 Å². The predicted octanol–water partition coefficient (Wildman–Crippen LogP) is 2.76. The molecule has 0 aromatic heterocycles. The Bertz CT molecular complexity index is 514. The van der Waals surface area contributed by atoms with E-state index in [1.165, 1.54) is 18.2 Å². The average Bonchev–Trinajstić information content (AvgIpc) is 2.38.